The zero-order valence-electron chi connectivity index (χ0n) is 41.6. The Balaban J connectivity index is 1.91. The van der Waals surface area contributed by atoms with Crippen LogP contribution in [-0.4, -0.2) is 126 Å². The van der Waals surface area contributed by atoms with Crippen LogP contribution in [0.2, 0.25) is 0 Å². The number of aromatic amines is 1. The number of nitrogens with one attached hydrogen (secondary N) is 8. The number of amides is 6. The van der Waals surface area contributed by atoms with Gasteiger partial charge in [0, 0.05) is 57.3 Å². The van der Waals surface area contributed by atoms with Crippen molar-refractivity contribution in [3.05, 3.63) is 21.6 Å². The lowest BCUT2D eigenvalue weighted by atomic mass is 9.97. The van der Waals surface area contributed by atoms with Crippen molar-refractivity contribution in [2.75, 3.05) is 84.7 Å². The van der Waals surface area contributed by atoms with E-state index in [2.05, 4.69) is 54.1 Å². The van der Waals surface area contributed by atoms with E-state index in [9.17, 15) is 33.6 Å². The summed E-state index contributed by atoms with van der Waals surface area (Å²) in [5.74, 6) is 0.222. The molecule has 390 valence electrons. The van der Waals surface area contributed by atoms with Crippen LogP contribution in [0.5, 0.6) is 0 Å². The molecule has 0 radical (unpaired) electrons. The molecule has 8 N–H and O–H groups in total. The van der Waals surface area contributed by atoms with Gasteiger partial charge < -0.3 is 60.6 Å². The average molecular weight is 968 g/mol. The summed E-state index contributed by atoms with van der Waals surface area (Å²) in [5, 5.41) is 19.4. The number of unbranched alkanes of at least 4 members (excludes halogenated alkanes) is 12. The molecule has 1 rings (SSSR count). The number of hydrogen-bond donors (Lipinski definition) is 8. The summed E-state index contributed by atoms with van der Waals surface area (Å²) in [6, 6.07) is -0.442. The van der Waals surface area contributed by atoms with E-state index < -0.39 is 36.0 Å². The molecule has 0 aliphatic carbocycles. The number of aryl methyl sites for hydroxylation is 1. The van der Waals surface area contributed by atoms with Crippen LogP contribution in [0.3, 0.4) is 0 Å². The van der Waals surface area contributed by atoms with E-state index in [1.54, 1.807) is 6.92 Å². The number of nitrogens with zero attached hydrogens (tertiary/aromatic N) is 1. The number of rotatable bonds is 40. The maximum Gasteiger partial charge on any atom is 0.407 e. The molecule has 1 aromatic rings. The van der Waals surface area contributed by atoms with Crippen molar-refractivity contribution in [2.24, 2.45) is 5.92 Å². The van der Waals surface area contributed by atoms with Crippen molar-refractivity contribution in [3.8, 4) is 0 Å². The zero-order chi connectivity index (χ0) is 49.9. The summed E-state index contributed by atoms with van der Waals surface area (Å²) in [4.78, 5) is 90.3. The fourth-order valence-corrected chi connectivity index (χ4v) is 6.86. The van der Waals surface area contributed by atoms with E-state index in [0.717, 1.165) is 129 Å². The number of carbonyl (C=O) groups is 6. The lowest BCUT2D eigenvalue weighted by molar-refractivity contribution is -0.141. The Bertz CT molecular complexity index is 1600. The standard InChI is InChI=1S/C47H85N9O12/c1-5-39(24-35-64-38(3)57)23-22-34-67-46(62)52-30-18-9-8-16-28-50-44(60)65-32-20-12-13-21-33-66-45(61)51-29-17-10-11-19-31-53-47(63)68-36-25-40-37(2)54-42(55-41(40)58)56-43(59)49-27-15-7-6-14-26-48-4/h39,48H,5-36H2,1-4H3,(H,50,60)(H,51,61)(H,52,62)(H,53,63)(H3,49,54,55,56,58,59). The van der Waals surface area contributed by atoms with Gasteiger partial charge in [-0.15, -0.1) is 0 Å². The number of ether oxygens (including phenoxy) is 5. The maximum absolute atomic E-state index is 12.6. The van der Waals surface area contributed by atoms with Crippen LogP contribution < -0.4 is 42.8 Å². The predicted octanol–water partition coefficient (Wildman–Crippen LogP) is 6.87. The lowest BCUT2D eigenvalue weighted by Gasteiger charge is -2.14. The van der Waals surface area contributed by atoms with Gasteiger partial charge in [0.05, 0.1) is 33.0 Å². The van der Waals surface area contributed by atoms with Gasteiger partial charge in [-0.3, -0.25) is 14.9 Å². The van der Waals surface area contributed by atoms with E-state index in [0.29, 0.717) is 82.7 Å². The van der Waals surface area contributed by atoms with Crippen LogP contribution in [0, 0.1) is 12.8 Å². The molecule has 1 aromatic heterocycles. The van der Waals surface area contributed by atoms with Gasteiger partial charge in [0.25, 0.3) is 5.56 Å². The van der Waals surface area contributed by atoms with Gasteiger partial charge in [-0.05, 0) is 110 Å². The number of H-pyrrole nitrogens is 1. The van der Waals surface area contributed by atoms with Crippen molar-refractivity contribution in [3.63, 3.8) is 0 Å². The first-order valence-corrected chi connectivity index (χ1v) is 25.0. The zero-order valence-corrected chi connectivity index (χ0v) is 41.6. The topological polar surface area (TPSA) is 279 Å². The first-order chi connectivity index (χ1) is 32.9. The fourth-order valence-electron chi connectivity index (χ4n) is 6.86. The Hall–Kier alpha value is -5.34. The molecule has 0 aromatic carbocycles. The second-order valence-corrected chi connectivity index (χ2v) is 16.7. The van der Waals surface area contributed by atoms with E-state index in [-0.39, 0.29) is 24.9 Å². The van der Waals surface area contributed by atoms with Crippen molar-refractivity contribution >= 4 is 42.3 Å². The fraction of sp³-hybridized carbons (Fsp3) is 0.787. The largest absolute Gasteiger partial charge is 0.466 e. The molecule has 21 heteroatoms. The molecule has 0 aliphatic heterocycles. The molecule has 0 bridgehead atoms. The molecule has 0 fully saturated rings. The highest BCUT2D eigenvalue weighted by Gasteiger charge is 2.13. The third-order valence-electron chi connectivity index (χ3n) is 10.9. The van der Waals surface area contributed by atoms with Crippen LogP contribution in [0.25, 0.3) is 0 Å². The normalized spacial score (nSPS) is 11.2. The van der Waals surface area contributed by atoms with Crippen LogP contribution in [0.4, 0.5) is 29.9 Å². The third kappa shape index (κ3) is 35.8. The number of esters is 1. The number of alkyl carbamates (subject to hydrolysis) is 4. The minimum Gasteiger partial charge on any atom is -0.466 e. The molecule has 0 saturated heterocycles. The van der Waals surface area contributed by atoms with Gasteiger partial charge >= 0.3 is 36.4 Å². The van der Waals surface area contributed by atoms with Gasteiger partial charge in [0.15, 0.2) is 0 Å². The van der Waals surface area contributed by atoms with Crippen molar-refractivity contribution < 1.29 is 52.5 Å². The second-order valence-electron chi connectivity index (χ2n) is 16.7. The molecule has 0 spiro atoms. The van der Waals surface area contributed by atoms with E-state index in [1.807, 2.05) is 7.05 Å². The summed E-state index contributed by atoms with van der Waals surface area (Å²) in [5.41, 5.74) is 0.395. The van der Waals surface area contributed by atoms with E-state index in [1.165, 1.54) is 6.92 Å². The molecule has 1 heterocycles. The van der Waals surface area contributed by atoms with Gasteiger partial charge in [0.2, 0.25) is 5.95 Å². The molecule has 6 amide bonds. The average Bonchev–Trinajstić information content (AvgIpc) is 3.30. The Morgan fingerprint density at radius 3 is 1.40 bits per heavy atom. The Morgan fingerprint density at radius 2 is 0.956 bits per heavy atom. The molecular weight excluding hydrogens is 883 g/mol. The summed E-state index contributed by atoms with van der Waals surface area (Å²) in [6.45, 7) is 10.1. The third-order valence-corrected chi connectivity index (χ3v) is 10.9. The van der Waals surface area contributed by atoms with Crippen molar-refractivity contribution in [1.29, 1.82) is 0 Å². The lowest BCUT2D eigenvalue weighted by Crippen LogP contribution is -2.32. The summed E-state index contributed by atoms with van der Waals surface area (Å²) < 4.78 is 25.9. The van der Waals surface area contributed by atoms with Crippen LogP contribution in [-0.2, 0) is 34.9 Å². The Kier molecular flexibility index (Phi) is 37.3. The summed E-state index contributed by atoms with van der Waals surface area (Å²) in [6.07, 6.45) is 15.6. The van der Waals surface area contributed by atoms with Gasteiger partial charge in [-0.1, -0.05) is 51.9 Å². The monoisotopic (exact) mass is 968 g/mol. The molecule has 1 atom stereocenters. The Labute approximate surface area is 403 Å². The number of aromatic nitrogens is 2. The van der Waals surface area contributed by atoms with E-state index >= 15 is 0 Å². The van der Waals surface area contributed by atoms with E-state index in [4.69, 9.17) is 23.7 Å². The summed E-state index contributed by atoms with van der Waals surface area (Å²) in [7, 11) is 1.92. The molecule has 1 unspecified atom stereocenters. The first-order valence-electron chi connectivity index (χ1n) is 25.0. The molecule has 0 aliphatic rings. The van der Waals surface area contributed by atoms with Crippen LogP contribution in [0.1, 0.15) is 154 Å². The number of hydrogen-bond acceptors (Lipinski definition) is 14. The van der Waals surface area contributed by atoms with Crippen LogP contribution >= 0.6 is 0 Å². The highest BCUT2D eigenvalue weighted by atomic mass is 16.6. The number of anilines is 1. The predicted molar refractivity (Wildman–Crippen MR) is 260 cm³/mol. The Morgan fingerprint density at radius 1 is 0.529 bits per heavy atom. The second kappa shape index (κ2) is 41.8. The smallest absolute Gasteiger partial charge is 0.407 e. The first kappa shape index (κ1) is 60.7. The molecule has 21 nitrogen and oxygen atoms in total. The maximum atomic E-state index is 12.6. The van der Waals surface area contributed by atoms with Crippen molar-refractivity contribution in [1.82, 2.24) is 41.9 Å². The van der Waals surface area contributed by atoms with Gasteiger partial charge in [0.1, 0.15) is 0 Å². The van der Waals surface area contributed by atoms with Gasteiger partial charge in [-0.2, -0.15) is 4.98 Å². The summed E-state index contributed by atoms with van der Waals surface area (Å²) >= 11 is 0. The molecular formula is C47H85N9O12. The minimum absolute atomic E-state index is 0.00491. The highest BCUT2D eigenvalue weighted by Crippen LogP contribution is 2.15. The van der Waals surface area contributed by atoms with Crippen LogP contribution in [0.15, 0.2) is 4.79 Å². The quantitative estimate of drug-likeness (QED) is 0.0189. The SMILES string of the molecule is CCC(CCCOC(=O)NCCCCCCNC(=O)OCCCCCCOC(=O)NCCCCCCNC(=O)OCCc1c(C)[nH]c(NC(=O)NCCCCCCNC)nc1=O)CCOC(C)=O. The minimum atomic E-state index is -0.576. The molecule has 68 heavy (non-hydrogen) atoms. The van der Waals surface area contributed by atoms with Gasteiger partial charge in [-0.25, -0.2) is 24.0 Å². The highest BCUT2D eigenvalue weighted by molar-refractivity contribution is 5.87. The molecule has 0 saturated carbocycles. The number of carbonyl (C=O) groups excluding carboxylic acids is 6. The number of urea groups is 1. The van der Waals surface area contributed by atoms with Crippen molar-refractivity contribution in [2.45, 2.75) is 156 Å².